The molecule has 1 atom stereocenters. The van der Waals surface area contributed by atoms with Gasteiger partial charge in [0.25, 0.3) is 0 Å². The van der Waals surface area contributed by atoms with Gasteiger partial charge in [-0.15, -0.1) is 11.3 Å². The molecule has 3 N–H and O–H groups in total. The molecule has 0 fully saturated rings. The molecule has 0 amide bonds. The third-order valence-corrected chi connectivity index (χ3v) is 3.88. The van der Waals surface area contributed by atoms with Gasteiger partial charge < -0.3 is 4.42 Å². The maximum atomic E-state index is 5.90. The van der Waals surface area contributed by atoms with Crippen LogP contribution in [0.25, 0.3) is 0 Å². The third-order valence-electron chi connectivity index (χ3n) is 2.63. The fourth-order valence-corrected chi connectivity index (χ4v) is 2.89. The average molecular weight is 271 g/mol. The maximum Gasteiger partial charge on any atom is 0.103 e. The van der Waals surface area contributed by atoms with Crippen molar-refractivity contribution in [2.24, 2.45) is 5.84 Å². The molecule has 2 aromatic heterocycles. The smallest absolute Gasteiger partial charge is 0.103 e. The summed E-state index contributed by atoms with van der Waals surface area (Å²) in [5.74, 6) is 6.55. The predicted octanol–water partition coefficient (Wildman–Crippen LogP) is 3.00. The van der Waals surface area contributed by atoms with Crippen LogP contribution in [-0.2, 0) is 12.8 Å². The van der Waals surface area contributed by atoms with Gasteiger partial charge in [-0.1, -0.05) is 11.6 Å². The number of nitrogens with two attached hydrogens (primary N) is 1. The van der Waals surface area contributed by atoms with E-state index < -0.39 is 0 Å². The Bertz CT molecular complexity index is 441. The van der Waals surface area contributed by atoms with E-state index in [1.807, 2.05) is 24.3 Å². The number of nitrogens with one attached hydrogen (secondary N) is 1. The van der Waals surface area contributed by atoms with E-state index in [4.69, 9.17) is 21.9 Å². The van der Waals surface area contributed by atoms with Gasteiger partial charge in [0.2, 0.25) is 0 Å². The molecule has 0 aliphatic heterocycles. The largest absolute Gasteiger partial charge is 0.469 e. The number of halogens is 1. The molecule has 2 rings (SSSR count). The van der Waals surface area contributed by atoms with E-state index in [9.17, 15) is 0 Å². The second-order valence-electron chi connectivity index (χ2n) is 3.89. The number of rotatable bonds is 6. The molecule has 0 saturated heterocycles. The number of hydrogen-bond donors (Lipinski definition) is 2. The molecule has 1 unspecified atom stereocenters. The van der Waals surface area contributed by atoms with Crippen LogP contribution < -0.4 is 11.3 Å². The van der Waals surface area contributed by atoms with Crippen molar-refractivity contribution >= 4 is 22.9 Å². The highest BCUT2D eigenvalue weighted by molar-refractivity contribution is 7.16. The molecule has 3 nitrogen and oxygen atoms in total. The first-order valence-corrected chi connectivity index (χ1v) is 6.70. The summed E-state index contributed by atoms with van der Waals surface area (Å²) in [6, 6.07) is 8.09. The van der Waals surface area contributed by atoms with Crippen LogP contribution in [-0.4, -0.2) is 6.04 Å². The van der Waals surface area contributed by atoms with Crippen molar-refractivity contribution in [2.45, 2.75) is 25.3 Å². The minimum absolute atomic E-state index is 0.245. The van der Waals surface area contributed by atoms with E-state index >= 15 is 0 Å². The lowest BCUT2D eigenvalue weighted by atomic mass is 10.1. The van der Waals surface area contributed by atoms with Crippen LogP contribution in [0.1, 0.15) is 17.1 Å². The minimum Gasteiger partial charge on any atom is -0.469 e. The summed E-state index contributed by atoms with van der Waals surface area (Å²) in [6.07, 6.45) is 4.42. The van der Waals surface area contributed by atoms with Crippen LogP contribution in [0.4, 0.5) is 0 Å². The molecular formula is C12H15ClN2OS. The van der Waals surface area contributed by atoms with E-state index in [0.29, 0.717) is 0 Å². The quantitative estimate of drug-likeness (QED) is 0.627. The first kappa shape index (κ1) is 12.6. The molecule has 0 aliphatic carbocycles. The van der Waals surface area contributed by atoms with Gasteiger partial charge in [-0.25, -0.2) is 0 Å². The summed E-state index contributed by atoms with van der Waals surface area (Å²) in [5, 5.41) is 0. The first-order valence-electron chi connectivity index (χ1n) is 5.50. The third kappa shape index (κ3) is 3.85. The number of aryl methyl sites for hydroxylation is 1. The van der Waals surface area contributed by atoms with Crippen molar-refractivity contribution in [2.75, 3.05) is 0 Å². The van der Waals surface area contributed by atoms with Crippen molar-refractivity contribution in [1.29, 1.82) is 0 Å². The van der Waals surface area contributed by atoms with Crippen molar-refractivity contribution in [3.8, 4) is 0 Å². The topological polar surface area (TPSA) is 51.2 Å². The van der Waals surface area contributed by atoms with Gasteiger partial charge in [0.1, 0.15) is 5.76 Å². The Morgan fingerprint density at radius 2 is 2.29 bits per heavy atom. The normalized spacial score (nSPS) is 12.8. The molecular weight excluding hydrogens is 256 g/mol. The summed E-state index contributed by atoms with van der Waals surface area (Å²) >= 11 is 7.50. The van der Waals surface area contributed by atoms with Crippen LogP contribution >= 0.6 is 22.9 Å². The number of furan rings is 1. The molecule has 2 heterocycles. The van der Waals surface area contributed by atoms with Crippen molar-refractivity contribution < 1.29 is 4.42 Å². The summed E-state index contributed by atoms with van der Waals surface area (Å²) in [6.45, 7) is 0. The van der Waals surface area contributed by atoms with Crippen LogP contribution in [0.5, 0.6) is 0 Å². The minimum atomic E-state index is 0.245. The molecule has 17 heavy (non-hydrogen) atoms. The molecule has 2 aromatic rings. The Hall–Kier alpha value is -0.810. The van der Waals surface area contributed by atoms with Gasteiger partial charge in [0.05, 0.1) is 10.6 Å². The highest BCUT2D eigenvalue weighted by atomic mass is 35.5. The van der Waals surface area contributed by atoms with Crippen LogP contribution in [0.2, 0.25) is 4.34 Å². The summed E-state index contributed by atoms with van der Waals surface area (Å²) in [5.41, 5.74) is 2.84. The lowest BCUT2D eigenvalue weighted by Crippen LogP contribution is -2.36. The van der Waals surface area contributed by atoms with Gasteiger partial charge in [0, 0.05) is 17.3 Å². The molecule has 92 valence electrons. The summed E-state index contributed by atoms with van der Waals surface area (Å²) < 4.78 is 6.12. The van der Waals surface area contributed by atoms with E-state index in [1.54, 1.807) is 17.6 Å². The zero-order valence-corrected chi connectivity index (χ0v) is 10.9. The molecule has 0 spiro atoms. The predicted molar refractivity (Wildman–Crippen MR) is 71.2 cm³/mol. The summed E-state index contributed by atoms with van der Waals surface area (Å²) in [4.78, 5) is 1.25. The fraction of sp³-hybridized carbons (Fsp3) is 0.333. The number of thiophene rings is 1. The van der Waals surface area contributed by atoms with E-state index in [-0.39, 0.29) is 6.04 Å². The molecule has 0 aromatic carbocycles. The highest BCUT2D eigenvalue weighted by Gasteiger charge is 2.10. The lowest BCUT2D eigenvalue weighted by molar-refractivity contribution is 0.449. The second-order valence-corrected chi connectivity index (χ2v) is 5.69. The average Bonchev–Trinajstić information content (AvgIpc) is 2.96. The van der Waals surface area contributed by atoms with Gasteiger partial charge in [-0.3, -0.25) is 11.3 Å². The van der Waals surface area contributed by atoms with Crippen molar-refractivity contribution in [3.05, 3.63) is 45.5 Å². The fourth-order valence-electron chi connectivity index (χ4n) is 1.72. The molecule has 0 aliphatic rings. The van der Waals surface area contributed by atoms with Crippen LogP contribution in [0.15, 0.2) is 34.9 Å². The van der Waals surface area contributed by atoms with Crippen LogP contribution in [0, 0.1) is 0 Å². The van der Waals surface area contributed by atoms with Gasteiger partial charge in [-0.2, -0.15) is 0 Å². The zero-order valence-electron chi connectivity index (χ0n) is 9.36. The molecule has 0 radical (unpaired) electrons. The van der Waals surface area contributed by atoms with Crippen LogP contribution in [0.3, 0.4) is 0 Å². The van der Waals surface area contributed by atoms with E-state index in [2.05, 4.69) is 5.43 Å². The Morgan fingerprint density at radius 3 is 2.88 bits per heavy atom. The Labute approximate surface area is 110 Å². The Balaban J connectivity index is 1.84. The number of hydrogen-bond acceptors (Lipinski definition) is 4. The van der Waals surface area contributed by atoms with Gasteiger partial charge in [-0.05, 0) is 37.1 Å². The lowest BCUT2D eigenvalue weighted by Gasteiger charge is -2.13. The maximum absolute atomic E-state index is 5.90. The SMILES string of the molecule is NNC(CCc1ccco1)Cc1ccc(Cl)s1. The molecule has 5 heteroatoms. The summed E-state index contributed by atoms with van der Waals surface area (Å²) in [7, 11) is 0. The van der Waals surface area contributed by atoms with Crippen molar-refractivity contribution in [1.82, 2.24) is 5.43 Å². The molecule has 0 bridgehead atoms. The Morgan fingerprint density at radius 1 is 1.41 bits per heavy atom. The first-order chi connectivity index (χ1) is 8.28. The Kier molecular flexibility index (Phi) is 4.62. The number of hydrazine groups is 1. The standard InChI is InChI=1S/C12H15ClN2OS/c13-12-6-5-11(17-12)8-9(15-14)3-4-10-2-1-7-16-10/h1-2,5-7,9,15H,3-4,8,14H2. The second kappa shape index (κ2) is 6.21. The van der Waals surface area contributed by atoms with Gasteiger partial charge in [0.15, 0.2) is 0 Å². The van der Waals surface area contributed by atoms with E-state index in [1.165, 1.54) is 4.88 Å². The molecule has 0 saturated carbocycles. The zero-order chi connectivity index (χ0) is 12.1. The monoisotopic (exact) mass is 270 g/mol. The van der Waals surface area contributed by atoms with E-state index in [0.717, 1.165) is 29.4 Å². The highest BCUT2D eigenvalue weighted by Crippen LogP contribution is 2.23. The van der Waals surface area contributed by atoms with Crippen molar-refractivity contribution in [3.63, 3.8) is 0 Å². The van der Waals surface area contributed by atoms with Gasteiger partial charge >= 0.3 is 0 Å².